The van der Waals surface area contributed by atoms with Crippen molar-refractivity contribution in [1.29, 1.82) is 0 Å². The van der Waals surface area contributed by atoms with E-state index in [0.29, 0.717) is 0 Å². The van der Waals surface area contributed by atoms with E-state index in [0.717, 1.165) is 12.8 Å². The molecule has 0 radical (unpaired) electrons. The molecule has 0 aliphatic heterocycles. The summed E-state index contributed by atoms with van der Waals surface area (Å²) in [5.41, 5.74) is -0.932. The lowest BCUT2D eigenvalue weighted by Gasteiger charge is -2.09. The highest BCUT2D eigenvalue weighted by Gasteiger charge is 2.14. The van der Waals surface area contributed by atoms with Gasteiger partial charge in [0, 0.05) is 0 Å². The Morgan fingerprint density at radius 3 is 2.50 bits per heavy atom. The van der Waals surface area contributed by atoms with Crippen molar-refractivity contribution >= 4 is 0 Å². The van der Waals surface area contributed by atoms with Crippen molar-refractivity contribution in [3.05, 3.63) is 26.4 Å². The number of hydrogen-bond acceptors (Lipinski definition) is 3. The Balaban J connectivity index is 3.21. The average molecular weight is 198 g/mol. The van der Waals surface area contributed by atoms with E-state index in [-0.39, 0.29) is 17.4 Å². The lowest BCUT2D eigenvalue weighted by atomic mass is 9.99. The zero-order valence-corrected chi connectivity index (χ0v) is 8.26. The number of aromatic hydroxyl groups is 1. The lowest BCUT2D eigenvalue weighted by Crippen LogP contribution is -2.26. The molecule has 0 bridgehead atoms. The molecular formula is C9H14N2O3. The third-order valence-electron chi connectivity index (χ3n) is 2.17. The molecule has 78 valence electrons. The highest BCUT2D eigenvalue weighted by molar-refractivity contribution is 5.24. The Morgan fingerprint density at radius 2 is 2.00 bits per heavy atom. The maximum absolute atomic E-state index is 11.3. The third-order valence-corrected chi connectivity index (χ3v) is 2.17. The minimum Gasteiger partial charge on any atom is -0.494 e. The summed E-state index contributed by atoms with van der Waals surface area (Å²) in [6.07, 6.45) is 1.71. The molecule has 5 nitrogen and oxygen atoms in total. The standard InChI is InChI=1S/C9H14N2O3/c1-3-4-5(2)6-7(12)10-9(14)11-8(6)13/h5H,3-4H2,1-2H3,(H3,10,11,12,13,14). The molecule has 0 saturated heterocycles. The maximum atomic E-state index is 11.3. The number of nitrogens with one attached hydrogen (secondary N) is 2. The van der Waals surface area contributed by atoms with Gasteiger partial charge in [0.15, 0.2) is 0 Å². The van der Waals surface area contributed by atoms with Gasteiger partial charge in [-0.25, -0.2) is 4.79 Å². The summed E-state index contributed by atoms with van der Waals surface area (Å²) in [5.74, 6) is -0.375. The van der Waals surface area contributed by atoms with Gasteiger partial charge in [-0.15, -0.1) is 0 Å². The Hall–Kier alpha value is -1.52. The van der Waals surface area contributed by atoms with Crippen LogP contribution in [0.25, 0.3) is 0 Å². The van der Waals surface area contributed by atoms with Crippen molar-refractivity contribution in [2.45, 2.75) is 32.6 Å². The van der Waals surface area contributed by atoms with Gasteiger partial charge in [0.1, 0.15) is 0 Å². The predicted molar refractivity (Wildman–Crippen MR) is 52.7 cm³/mol. The first-order valence-electron chi connectivity index (χ1n) is 4.61. The smallest absolute Gasteiger partial charge is 0.328 e. The van der Waals surface area contributed by atoms with Crippen LogP contribution in [0.1, 0.15) is 38.2 Å². The molecule has 1 atom stereocenters. The summed E-state index contributed by atoms with van der Waals surface area (Å²) in [6.45, 7) is 3.83. The zero-order chi connectivity index (χ0) is 10.7. The molecule has 0 aromatic carbocycles. The van der Waals surface area contributed by atoms with Crippen molar-refractivity contribution in [2.24, 2.45) is 0 Å². The van der Waals surface area contributed by atoms with E-state index in [1.807, 2.05) is 13.8 Å². The van der Waals surface area contributed by atoms with Gasteiger partial charge < -0.3 is 5.11 Å². The van der Waals surface area contributed by atoms with Gasteiger partial charge in [-0.1, -0.05) is 20.3 Å². The van der Waals surface area contributed by atoms with E-state index in [9.17, 15) is 14.7 Å². The van der Waals surface area contributed by atoms with Gasteiger partial charge in [-0.05, 0) is 12.3 Å². The molecule has 14 heavy (non-hydrogen) atoms. The second-order valence-electron chi connectivity index (χ2n) is 3.36. The van der Waals surface area contributed by atoms with E-state index in [1.165, 1.54) is 0 Å². The molecule has 0 fully saturated rings. The number of rotatable bonds is 3. The molecule has 1 aromatic rings. The molecule has 0 aliphatic rings. The molecule has 3 N–H and O–H groups in total. The summed E-state index contributed by atoms with van der Waals surface area (Å²) in [4.78, 5) is 26.4. The molecule has 1 rings (SSSR count). The van der Waals surface area contributed by atoms with E-state index in [1.54, 1.807) is 0 Å². The topological polar surface area (TPSA) is 85.9 Å². The third kappa shape index (κ3) is 2.04. The van der Waals surface area contributed by atoms with Crippen LogP contribution < -0.4 is 11.2 Å². The minimum absolute atomic E-state index is 0.0550. The minimum atomic E-state index is -0.681. The molecule has 0 amide bonds. The second kappa shape index (κ2) is 4.13. The van der Waals surface area contributed by atoms with Crippen LogP contribution in [0.15, 0.2) is 9.59 Å². The number of aromatic amines is 2. The van der Waals surface area contributed by atoms with E-state index < -0.39 is 11.2 Å². The predicted octanol–water partition coefficient (Wildman–Crippen LogP) is 0.672. The first-order valence-corrected chi connectivity index (χ1v) is 4.61. The van der Waals surface area contributed by atoms with E-state index in [4.69, 9.17) is 0 Å². The molecule has 5 heteroatoms. The van der Waals surface area contributed by atoms with Gasteiger partial charge in [0.05, 0.1) is 5.56 Å². The van der Waals surface area contributed by atoms with Crippen molar-refractivity contribution in [3.63, 3.8) is 0 Å². The summed E-state index contributed by atoms with van der Waals surface area (Å²) < 4.78 is 0. The van der Waals surface area contributed by atoms with Crippen molar-refractivity contribution < 1.29 is 5.11 Å². The van der Waals surface area contributed by atoms with Gasteiger partial charge in [-0.3, -0.25) is 14.8 Å². The Bertz CT molecular complexity index is 419. The van der Waals surface area contributed by atoms with E-state index in [2.05, 4.69) is 9.97 Å². The average Bonchev–Trinajstić information content (AvgIpc) is 2.01. The van der Waals surface area contributed by atoms with Gasteiger partial charge >= 0.3 is 5.69 Å². The number of hydrogen-bond donors (Lipinski definition) is 3. The lowest BCUT2D eigenvalue weighted by molar-refractivity contribution is 0.432. The number of H-pyrrole nitrogens is 2. The Labute approximate surface area is 80.8 Å². The van der Waals surface area contributed by atoms with Gasteiger partial charge in [-0.2, -0.15) is 0 Å². The highest BCUT2D eigenvalue weighted by atomic mass is 16.3. The molecule has 0 spiro atoms. The fourth-order valence-electron chi connectivity index (χ4n) is 1.52. The fourth-order valence-corrected chi connectivity index (χ4v) is 1.52. The summed E-state index contributed by atoms with van der Waals surface area (Å²) in [7, 11) is 0. The van der Waals surface area contributed by atoms with Crippen LogP contribution in [-0.4, -0.2) is 15.1 Å². The first-order chi connectivity index (χ1) is 6.56. The normalized spacial score (nSPS) is 12.7. The zero-order valence-electron chi connectivity index (χ0n) is 8.26. The fraction of sp³-hybridized carbons (Fsp3) is 0.556. The van der Waals surface area contributed by atoms with Crippen molar-refractivity contribution in [2.75, 3.05) is 0 Å². The van der Waals surface area contributed by atoms with Crippen LogP contribution in [0.2, 0.25) is 0 Å². The van der Waals surface area contributed by atoms with Crippen LogP contribution in [0.3, 0.4) is 0 Å². The largest absolute Gasteiger partial charge is 0.494 e. The van der Waals surface area contributed by atoms with Gasteiger partial charge in [0.2, 0.25) is 5.88 Å². The Morgan fingerprint density at radius 1 is 1.36 bits per heavy atom. The van der Waals surface area contributed by atoms with E-state index >= 15 is 0 Å². The van der Waals surface area contributed by atoms with Crippen molar-refractivity contribution in [1.82, 2.24) is 9.97 Å². The van der Waals surface area contributed by atoms with Crippen LogP contribution in [0.4, 0.5) is 0 Å². The maximum Gasteiger partial charge on any atom is 0.328 e. The van der Waals surface area contributed by atoms with Crippen LogP contribution in [-0.2, 0) is 0 Å². The summed E-state index contributed by atoms with van der Waals surface area (Å²) in [6, 6.07) is 0. The molecule has 1 heterocycles. The summed E-state index contributed by atoms with van der Waals surface area (Å²) >= 11 is 0. The van der Waals surface area contributed by atoms with Crippen LogP contribution in [0.5, 0.6) is 5.88 Å². The molecule has 1 aromatic heterocycles. The Kier molecular flexibility index (Phi) is 3.11. The van der Waals surface area contributed by atoms with Crippen LogP contribution >= 0.6 is 0 Å². The quantitative estimate of drug-likeness (QED) is 0.667. The molecule has 1 unspecified atom stereocenters. The summed E-state index contributed by atoms with van der Waals surface area (Å²) in [5, 5.41) is 9.39. The van der Waals surface area contributed by atoms with Gasteiger partial charge in [0.25, 0.3) is 5.56 Å². The highest BCUT2D eigenvalue weighted by Crippen LogP contribution is 2.22. The van der Waals surface area contributed by atoms with Crippen LogP contribution in [0, 0.1) is 0 Å². The molecule has 0 aliphatic carbocycles. The number of aromatic nitrogens is 2. The first kappa shape index (κ1) is 10.6. The molecule has 0 saturated carbocycles. The second-order valence-corrected chi connectivity index (χ2v) is 3.36. The molecular weight excluding hydrogens is 184 g/mol. The SMILES string of the molecule is CCCC(C)c1c(O)[nH]c(=O)[nH]c1=O. The van der Waals surface area contributed by atoms with Crippen molar-refractivity contribution in [3.8, 4) is 5.88 Å². The monoisotopic (exact) mass is 198 g/mol.